The van der Waals surface area contributed by atoms with E-state index < -0.39 is 5.97 Å². The van der Waals surface area contributed by atoms with Gasteiger partial charge in [0.15, 0.2) is 5.57 Å². The van der Waals surface area contributed by atoms with Crippen LogP contribution in [0.3, 0.4) is 0 Å². The second-order valence-electron chi connectivity index (χ2n) is 3.78. The van der Waals surface area contributed by atoms with Crippen LogP contribution in [-0.4, -0.2) is 24.5 Å². The van der Waals surface area contributed by atoms with Crippen molar-refractivity contribution in [1.29, 1.82) is 5.26 Å². The van der Waals surface area contributed by atoms with Gasteiger partial charge >= 0.3 is 5.97 Å². The van der Waals surface area contributed by atoms with Gasteiger partial charge in [-0.15, -0.1) is 0 Å². The van der Waals surface area contributed by atoms with Crippen LogP contribution in [0.15, 0.2) is 42.1 Å². The summed E-state index contributed by atoms with van der Waals surface area (Å²) in [6, 6.07) is 11.7. The summed E-state index contributed by atoms with van der Waals surface area (Å²) in [6.45, 7) is 2.60. The van der Waals surface area contributed by atoms with E-state index in [0.29, 0.717) is 6.54 Å². The van der Waals surface area contributed by atoms with E-state index in [9.17, 15) is 4.79 Å². The van der Waals surface area contributed by atoms with E-state index >= 15 is 0 Å². The molecule has 0 heterocycles. The van der Waals surface area contributed by atoms with Crippen molar-refractivity contribution in [1.82, 2.24) is 4.90 Å². The maximum absolute atomic E-state index is 11.4. The molecule has 0 saturated carbocycles. The van der Waals surface area contributed by atoms with Crippen molar-refractivity contribution in [2.75, 3.05) is 13.7 Å². The number of hydrogen-bond acceptors (Lipinski definition) is 4. The average Bonchev–Trinajstić information content (AvgIpc) is 2.37. The van der Waals surface area contributed by atoms with Gasteiger partial charge < -0.3 is 9.64 Å². The zero-order valence-electron chi connectivity index (χ0n) is 10.6. The molecule has 4 heteroatoms. The van der Waals surface area contributed by atoms with E-state index in [1.165, 1.54) is 6.20 Å². The molecule has 0 spiro atoms. The minimum Gasteiger partial charge on any atom is -0.462 e. The lowest BCUT2D eigenvalue weighted by Crippen LogP contribution is -2.15. The van der Waals surface area contributed by atoms with Crippen molar-refractivity contribution < 1.29 is 9.53 Å². The average molecular weight is 244 g/mol. The second kappa shape index (κ2) is 7.13. The van der Waals surface area contributed by atoms with Crippen molar-refractivity contribution in [3.8, 4) is 6.07 Å². The van der Waals surface area contributed by atoms with Gasteiger partial charge in [-0.3, -0.25) is 0 Å². The Labute approximate surface area is 107 Å². The van der Waals surface area contributed by atoms with Crippen molar-refractivity contribution in [3.63, 3.8) is 0 Å². The molecule has 1 aromatic carbocycles. The van der Waals surface area contributed by atoms with Gasteiger partial charge in [-0.1, -0.05) is 30.3 Å². The molecule has 1 rings (SSSR count). The molecule has 0 bridgehead atoms. The fourth-order valence-corrected chi connectivity index (χ4v) is 1.47. The summed E-state index contributed by atoms with van der Waals surface area (Å²) in [5, 5.41) is 8.89. The lowest BCUT2D eigenvalue weighted by Gasteiger charge is -2.14. The fourth-order valence-electron chi connectivity index (χ4n) is 1.47. The normalized spacial score (nSPS) is 10.6. The molecule has 0 aromatic heterocycles. The number of rotatable bonds is 5. The maximum Gasteiger partial charge on any atom is 0.350 e. The maximum atomic E-state index is 11.4. The Kier molecular flexibility index (Phi) is 5.46. The lowest BCUT2D eigenvalue weighted by molar-refractivity contribution is -0.138. The number of carbonyl (C=O) groups excluding carboxylic acids is 1. The first kappa shape index (κ1) is 13.8. The first-order valence-corrected chi connectivity index (χ1v) is 5.70. The monoisotopic (exact) mass is 244 g/mol. The first-order chi connectivity index (χ1) is 8.67. The Morgan fingerprint density at radius 3 is 2.67 bits per heavy atom. The molecular formula is C14H16N2O2. The van der Waals surface area contributed by atoms with Crippen LogP contribution in [0, 0.1) is 11.3 Å². The largest absolute Gasteiger partial charge is 0.462 e. The van der Waals surface area contributed by atoms with Gasteiger partial charge in [0, 0.05) is 19.8 Å². The molecule has 0 aliphatic carbocycles. The highest BCUT2D eigenvalue weighted by molar-refractivity contribution is 5.92. The van der Waals surface area contributed by atoms with Gasteiger partial charge in [0.05, 0.1) is 6.61 Å². The fraction of sp³-hybridized carbons (Fsp3) is 0.286. The van der Waals surface area contributed by atoms with Gasteiger partial charge in [0.25, 0.3) is 0 Å². The molecule has 0 aliphatic heterocycles. The van der Waals surface area contributed by atoms with Crippen molar-refractivity contribution in [3.05, 3.63) is 47.7 Å². The molecule has 0 atom stereocenters. The quantitative estimate of drug-likeness (QED) is 0.452. The van der Waals surface area contributed by atoms with Crippen LogP contribution in [0.1, 0.15) is 12.5 Å². The van der Waals surface area contributed by atoms with Crippen LogP contribution < -0.4 is 0 Å². The molecule has 0 amide bonds. The minimum absolute atomic E-state index is 0.00952. The third-order valence-electron chi connectivity index (χ3n) is 2.24. The zero-order chi connectivity index (χ0) is 13.4. The molecule has 18 heavy (non-hydrogen) atoms. The number of benzene rings is 1. The van der Waals surface area contributed by atoms with Crippen molar-refractivity contribution in [2.24, 2.45) is 0 Å². The Bertz CT molecular complexity index is 460. The van der Waals surface area contributed by atoms with Crippen LogP contribution in [0.25, 0.3) is 0 Å². The summed E-state index contributed by atoms with van der Waals surface area (Å²) in [4.78, 5) is 13.2. The Hall–Kier alpha value is -2.28. The van der Waals surface area contributed by atoms with Gasteiger partial charge in [0.1, 0.15) is 6.07 Å². The number of esters is 1. The Balaban J connectivity index is 2.69. The summed E-state index contributed by atoms with van der Waals surface area (Å²) in [5.74, 6) is -0.583. The van der Waals surface area contributed by atoms with Crippen LogP contribution in [0.2, 0.25) is 0 Å². The van der Waals surface area contributed by atoms with Crippen molar-refractivity contribution in [2.45, 2.75) is 13.5 Å². The first-order valence-electron chi connectivity index (χ1n) is 5.70. The van der Waals surface area contributed by atoms with Gasteiger partial charge in [-0.05, 0) is 12.5 Å². The van der Waals surface area contributed by atoms with E-state index in [1.807, 2.05) is 43.4 Å². The second-order valence-corrected chi connectivity index (χ2v) is 3.78. The summed E-state index contributed by atoms with van der Waals surface area (Å²) in [6.07, 6.45) is 1.50. The molecule has 0 saturated heterocycles. The summed E-state index contributed by atoms with van der Waals surface area (Å²) >= 11 is 0. The highest BCUT2D eigenvalue weighted by Crippen LogP contribution is 2.05. The number of nitrogens with zero attached hydrogens (tertiary/aromatic N) is 2. The zero-order valence-corrected chi connectivity index (χ0v) is 10.6. The molecule has 0 unspecified atom stereocenters. The highest BCUT2D eigenvalue weighted by atomic mass is 16.5. The molecule has 0 fully saturated rings. The minimum atomic E-state index is -0.583. The topological polar surface area (TPSA) is 53.3 Å². The van der Waals surface area contributed by atoms with Crippen LogP contribution in [0.5, 0.6) is 0 Å². The number of nitriles is 1. The number of hydrogen-bond donors (Lipinski definition) is 0. The molecule has 0 aliphatic rings. The predicted molar refractivity (Wildman–Crippen MR) is 68.2 cm³/mol. The van der Waals surface area contributed by atoms with Gasteiger partial charge in [-0.25, -0.2) is 4.79 Å². The van der Waals surface area contributed by atoms with E-state index in [1.54, 1.807) is 11.8 Å². The van der Waals surface area contributed by atoms with Crippen molar-refractivity contribution >= 4 is 5.97 Å². The lowest BCUT2D eigenvalue weighted by atomic mass is 10.2. The third kappa shape index (κ3) is 4.30. The SMILES string of the molecule is CCOC(=O)/C(C#N)=C/N(C)Cc1ccccc1. The molecule has 94 valence electrons. The molecular weight excluding hydrogens is 228 g/mol. The summed E-state index contributed by atoms with van der Waals surface area (Å²) < 4.78 is 4.79. The van der Waals surface area contributed by atoms with Crippen LogP contribution in [0.4, 0.5) is 0 Å². The van der Waals surface area contributed by atoms with Gasteiger partial charge in [0.2, 0.25) is 0 Å². The smallest absolute Gasteiger partial charge is 0.350 e. The van der Waals surface area contributed by atoms with E-state index in [-0.39, 0.29) is 12.2 Å². The Morgan fingerprint density at radius 2 is 2.11 bits per heavy atom. The van der Waals surface area contributed by atoms with E-state index in [4.69, 9.17) is 10.00 Å². The van der Waals surface area contributed by atoms with Crippen LogP contribution >= 0.6 is 0 Å². The number of carbonyl (C=O) groups is 1. The molecule has 1 aromatic rings. The number of ether oxygens (including phenoxy) is 1. The highest BCUT2D eigenvalue weighted by Gasteiger charge is 2.10. The molecule has 4 nitrogen and oxygen atoms in total. The van der Waals surface area contributed by atoms with Gasteiger partial charge in [-0.2, -0.15) is 5.26 Å². The Morgan fingerprint density at radius 1 is 1.44 bits per heavy atom. The molecule has 0 N–H and O–H groups in total. The van der Waals surface area contributed by atoms with Crippen LogP contribution in [-0.2, 0) is 16.1 Å². The van der Waals surface area contributed by atoms with E-state index in [2.05, 4.69) is 0 Å². The van der Waals surface area contributed by atoms with E-state index in [0.717, 1.165) is 5.56 Å². The third-order valence-corrected chi connectivity index (χ3v) is 2.24. The predicted octanol–water partition coefficient (Wildman–Crippen LogP) is 2.09. The standard InChI is InChI=1S/C14H16N2O2/c1-3-18-14(17)13(9-15)11-16(2)10-12-7-5-4-6-8-12/h4-8,11H,3,10H2,1-2H3/b13-11+. The molecule has 0 radical (unpaired) electrons. The summed E-state index contributed by atoms with van der Waals surface area (Å²) in [7, 11) is 1.81. The summed E-state index contributed by atoms with van der Waals surface area (Å²) in [5.41, 5.74) is 1.12.